The zero-order valence-corrected chi connectivity index (χ0v) is 10.5. The standard InChI is InChI=1S/C12H14FNO3S/c13-9-1-3-11(4-2-9)18-14-6-5-10(7-14)17-8-12(15)16/h1-4,10H,5-8H2,(H,15,16). The molecule has 1 aromatic rings. The summed E-state index contributed by atoms with van der Waals surface area (Å²) in [5.74, 6) is -1.19. The van der Waals surface area contributed by atoms with Crippen molar-refractivity contribution in [2.75, 3.05) is 19.7 Å². The number of aliphatic carboxylic acids is 1. The minimum atomic E-state index is -0.945. The van der Waals surface area contributed by atoms with Gasteiger partial charge in [0.05, 0.1) is 6.10 Å². The largest absolute Gasteiger partial charge is 0.480 e. The second-order valence-corrected chi connectivity index (χ2v) is 5.22. The van der Waals surface area contributed by atoms with E-state index in [-0.39, 0.29) is 18.5 Å². The van der Waals surface area contributed by atoms with E-state index >= 15 is 0 Å². The van der Waals surface area contributed by atoms with Crippen LogP contribution >= 0.6 is 11.9 Å². The third kappa shape index (κ3) is 3.97. The van der Waals surface area contributed by atoms with E-state index in [1.165, 1.54) is 24.1 Å². The Labute approximate surface area is 109 Å². The first-order chi connectivity index (χ1) is 8.63. The molecule has 0 aromatic heterocycles. The molecule has 1 fully saturated rings. The lowest BCUT2D eigenvalue weighted by atomic mass is 10.3. The van der Waals surface area contributed by atoms with Gasteiger partial charge in [0.15, 0.2) is 0 Å². The zero-order chi connectivity index (χ0) is 13.0. The molecule has 0 bridgehead atoms. The lowest BCUT2D eigenvalue weighted by Crippen LogP contribution is -2.20. The van der Waals surface area contributed by atoms with E-state index in [9.17, 15) is 9.18 Å². The van der Waals surface area contributed by atoms with Crippen molar-refractivity contribution in [1.82, 2.24) is 4.31 Å². The Balaban J connectivity index is 1.78. The molecule has 1 aromatic carbocycles. The van der Waals surface area contributed by atoms with Crippen LogP contribution in [0.5, 0.6) is 0 Å². The molecule has 0 amide bonds. The number of benzene rings is 1. The molecule has 1 saturated heterocycles. The smallest absolute Gasteiger partial charge is 0.329 e. The number of ether oxygens (including phenoxy) is 1. The first kappa shape index (κ1) is 13.3. The number of carboxylic acids is 1. The van der Waals surface area contributed by atoms with Crippen LogP contribution in [0.25, 0.3) is 0 Å². The van der Waals surface area contributed by atoms with Crippen molar-refractivity contribution in [2.45, 2.75) is 17.4 Å². The summed E-state index contributed by atoms with van der Waals surface area (Å²) in [6.45, 7) is 1.28. The number of rotatable bonds is 5. The monoisotopic (exact) mass is 271 g/mol. The van der Waals surface area contributed by atoms with Crippen LogP contribution in [0, 0.1) is 5.82 Å². The number of hydrogen-bond acceptors (Lipinski definition) is 4. The summed E-state index contributed by atoms with van der Waals surface area (Å²) in [5, 5.41) is 8.52. The van der Waals surface area contributed by atoms with Crippen molar-refractivity contribution in [3.63, 3.8) is 0 Å². The number of carboxylic acid groups (broad SMARTS) is 1. The highest BCUT2D eigenvalue weighted by Crippen LogP contribution is 2.27. The van der Waals surface area contributed by atoms with E-state index in [1.807, 2.05) is 0 Å². The van der Waals surface area contributed by atoms with Crippen LogP contribution in [0.4, 0.5) is 4.39 Å². The summed E-state index contributed by atoms with van der Waals surface area (Å²) < 4.78 is 20.1. The van der Waals surface area contributed by atoms with Gasteiger partial charge >= 0.3 is 5.97 Å². The Kier molecular flexibility index (Phi) is 4.57. The molecule has 0 spiro atoms. The topological polar surface area (TPSA) is 49.8 Å². The summed E-state index contributed by atoms with van der Waals surface area (Å²) in [5.41, 5.74) is 0. The Bertz CT molecular complexity index is 412. The number of carbonyl (C=O) groups is 1. The van der Waals surface area contributed by atoms with Crippen LogP contribution in [0.1, 0.15) is 6.42 Å². The van der Waals surface area contributed by atoms with E-state index in [1.54, 1.807) is 12.1 Å². The van der Waals surface area contributed by atoms with Gasteiger partial charge in [-0.3, -0.25) is 0 Å². The Morgan fingerprint density at radius 1 is 1.50 bits per heavy atom. The molecule has 6 heteroatoms. The lowest BCUT2D eigenvalue weighted by molar-refractivity contribution is -0.144. The number of nitrogens with zero attached hydrogens (tertiary/aromatic N) is 1. The minimum Gasteiger partial charge on any atom is -0.480 e. The molecule has 98 valence electrons. The molecule has 18 heavy (non-hydrogen) atoms. The normalized spacial score (nSPS) is 20.2. The maximum atomic E-state index is 12.7. The quantitative estimate of drug-likeness (QED) is 0.830. The Morgan fingerprint density at radius 3 is 2.89 bits per heavy atom. The summed E-state index contributed by atoms with van der Waals surface area (Å²) in [4.78, 5) is 11.3. The molecule has 1 aliphatic heterocycles. The summed E-state index contributed by atoms with van der Waals surface area (Å²) in [6, 6.07) is 6.31. The molecular weight excluding hydrogens is 257 g/mol. The van der Waals surface area contributed by atoms with Gasteiger partial charge in [0.2, 0.25) is 0 Å². The van der Waals surface area contributed by atoms with Crippen molar-refractivity contribution >= 4 is 17.9 Å². The second kappa shape index (κ2) is 6.17. The molecule has 1 atom stereocenters. The average molecular weight is 271 g/mol. The maximum absolute atomic E-state index is 12.7. The second-order valence-electron chi connectivity index (χ2n) is 4.05. The zero-order valence-electron chi connectivity index (χ0n) is 9.71. The van der Waals surface area contributed by atoms with Crippen LogP contribution in [0.2, 0.25) is 0 Å². The Hall–Kier alpha value is -1.11. The first-order valence-electron chi connectivity index (χ1n) is 5.65. The molecule has 0 saturated carbocycles. The van der Waals surface area contributed by atoms with Crippen molar-refractivity contribution in [3.8, 4) is 0 Å². The van der Waals surface area contributed by atoms with Crippen molar-refractivity contribution in [3.05, 3.63) is 30.1 Å². The highest BCUT2D eigenvalue weighted by molar-refractivity contribution is 7.97. The van der Waals surface area contributed by atoms with Crippen LogP contribution in [0.15, 0.2) is 29.2 Å². The average Bonchev–Trinajstić information content (AvgIpc) is 2.77. The highest BCUT2D eigenvalue weighted by atomic mass is 32.2. The maximum Gasteiger partial charge on any atom is 0.329 e. The van der Waals surface area contributed by atoms with Gasteiger partial charge in [0.25, 0.3) is 0 Å². The molecule has 1 N–H and O–H groups in total. The van der Waals surface area contributed by atoms with E-state index in [0.717, 1.165) is 17.9 Å². The molecule has 2 rings (SSSR count). The van der Waals surface area contributed by atoms with Crippen LogP contribution in [-0.2, 0) is 9.53 Å². The van der Waals surface area contributed by atoms with Gasteiger partial charge < -0.3 is 9.84 Å². The molecule has 1 heterocycles. The number of hydrogen-bond donors (Lipinski definition) is 1. The van der Waals surface area contributed by atoms with Gasteiger partial charge in [-0.2, -0.15) is 0 Å². The first-order valence-corrected chi connectivity index (χ1v) is 6.43. The molecule has 1 aliphatic rings. The van der Waals surface area contributed by atoms with E-state index in [0.29, 0.717) is 6.54 Å². The predicted octanol–water partition coefficient (Wildman–Crippen LogP) is 2.01. The lowest BCUT2D eigenvalue weighted by Gasteiger charge is -2.14. The van der Waals surface area contributed by atoms with Gasteiger partial charge in [-0.25, -0.2) is 13.5 Å². The summed E-state index contributed by atoms with van der Waals surface area (Å²) in [6.07, 6.45) is 0.788. The van der Waals surface area contributed by atoms with Gasteiger partial charge in [-0.15, -0.1) is 0 Å². The number of halogens is 1. The fourth-order valence-electron chi connectivity index (χ4n) is 1.75. The van der Waals surface area contributed by atoms with E-state index in [2.05, 4.69) is 4.31 Å². The third-order valence-corrected chi connectivity index (χ3v) is 3.67. The molecule has 0 aliphatic carbocycles. The molecular formula is C12H14FNO3S. The van der Waals surface area contributed by atoms with Crippen molar-refractivity contribution in [2.24, 2.45) is 0 Å². The predicted molar refractivity (Wildman–Crippen MR) is 65.8 cm³/mol. The molecule has 0 radical (unpaired) electrons. The van der Waals surface area contributed by atoms with Crippen molar-refractivity contribution in [1.29, 1.82) is 0 Å². The summed E-state index contributed by atoms with van der Waals surface area (Å²) in [7, 11) is 0. The summed E-state index contributed by atoms with van der Waals surface area (Å²) >= 11 is 1.54. The van der Waals surface area contributed by atoms with Gasteiger partial charge in [0.1, 0.15) is 12.4 Å². The third-order valence-electron chi connectivity index (χ3n) is 2.60. The van der Waals surface area contributed by atoms with Crippen LogP contribution in [-0.4, -0.2) is 41.2 Å². The van der Waals surface area contributed by atoms with Gasteiger partial charge in [-0.05, 0) is 42.6 Å². The molecule has 1 unspecified atom stereocenters. The fraction of sp³-hybridized carbons (Fsp3) is 0.417. The Morgan fingerprint density at radius 2 is 2.22 bits per heavy atom. The van der Waals surface area contributed by atoms with Gasteiger partial charge in [0, 0.05) is 18.0 Å². The van der Waals surface area contributed by atoms with E-state index in [4.69, 9.17) is 9.84 Å². The van der Waals surface area contributed by atoms with Gasteiger partial charge in [-0.1, -0.05) is 0 Å². The van der Waals surface area contributed by atoms with Crippen LogP contribution < -0.4 is 0 Å². The van der Waals surface area contributed by atoms with Crippen molar-refractivity contribution < 1.29 is 19.0 Å². The van der Waals surface area contributed by atoms with Crippen LogP contribution in [0.3, 0.4) is 0 Å². The SMILES string of the molecule is O=C(O)COC1CCN(Sc2ccc(F)cc2)C1. The molecule has 4 nitrogen and oxygen atoms in total. The highest BCUT2D eigenvalue weighted by Gasteiger charge is 2.24. The van der Waals surface area contributed by atoms with E-state index < -0.39 is 5.97 Å². The minimum absolute atomic E-state index is 0.0333. The fourth-order valence-corrected chi connectivity index (χ4v) is 2.74.